The predicted molar refractivity (Wildman–Crippen MR) is 164 cm³/mol. The number of piperidine rings is 1. The van der Waals surface area contributed by atoms with E-state index in [0.717, 1.165) is 25.9 Å². The van der Waals surface area contributed by atoms with Crippen LogP contribution in [0.3, 0.4) is 0 Å². The number of carbonyl (C=O) groups is 2. The van der Waals surface area contributed by atoms with Crippen molar-refractivity contribution in [3.05, 3.63) is 72.4 Å². The van der Waals surface area contributed by atoms with Crippen molar-refractivity contribution in [1.29, 1.82) is 0 Å². The van der Waals surface area contributed by atoms with Crippen molar-refractivity contribution in [2.75, 3.05) is 39.9 Å². The van der Waals surface area contributed by atoms with E-state index >= 15 is 0 Å². The van der Waals surface area contributed by atoms with Gasteiger partial charge in [-0.15, -0.1) is 6.42 Å². The van der Waals surface area contributed by atoms with Gasteiger partial charge in [0.1, 0.15) is 5.75 Å². The monoisotopic (exact) mass is 604 g/mol. The van der Waals surface area contributed by atoms with E-state index in [2.05, 4.69) is 20.9 Å². The molecule has 1 fully saturated rings. The number of nitrogens with one attached hydrogen (secondary N) is 3. The number of aliphatic hydroxyl groups is 1. The maximum atomic E-state index is 14.7. The van der Waals surface area contributed by atoms with Crippen LogP contribution in [0.1, 0.15) is 24.5 Å². The van der Waals surface area contributed by atoms with Crippen LogP contribution in [0.5, 0.6) is 17.2 Å². The Hall–Kier alpha value is -4.66. The topological polar surface area (TPSA) is 131 Å². The Morgan fingerprint density at radius 1 is 1.14 bits per heavy atom. The molecular weight excluding hydrogens is 567 g/mol. The highest BCUT2D eigenvalue weighted by Gasteiger charge is 2.21. The number of aliphatic hydroxyl groups excluding tert-OH is 1. The quantitative estimate of drug-likeness (QED) is 0.133. The maximum Gasteiger partial charge on any atom is 0.309 e. The molecule has 4 N–H and O–H groups in total. The third-order valence-corrected chi connectivity index (χ3v) is 7.18. The molecule has 1 saturated heterocycles. The van der Waals surface area contributed by atoms with Crippen molar-refractivity contribution in [2.45, 2.75) is 31.2 Å². The van der Waals surface area contributed by atoms with Gasteiger partial charge in [-0.25, -0.2) is 4.39 Å². The highest BCUT2D eigenvalue weighted by Crippen LogP contribution is 2.36. The number of nitrogens with zero attached hydrogens (tertiary/aromatic N) is 1. The number of amides is 2. The molecule has 44 heavy (non-hydrogen) atoms. The fraction of sp³-hybridized carbons (Fsp3) is 0.364. The molecule has 0 bridgehead atoms. The number of aromatic nitrogens is 1. The molecule has 3 aromatic rings. The minimum Gasteiger partial charge on any atom is -0.493 e. The maximum absolute atomic E-state index is 14.7. The first-order chi connectivity index (χ1) is 21.4. The van der Waals surface area contributed by atoms with Crippen LogP contribution in [0.4, 0.5) is 4.39 Å². The van der Waals surface area contributed by atoms with Gasteiger partial charge in [-0.05, 0) is 55.6 Å². The summed E-state index contributed by atoms with van der Waals surface area (Å²) in [7, 11) is 1.54. The molecule has 3 atom stereocenters. The number of rotatable bonds is 13. The normalized spacial score (nSPS) is 15.6. The van der Waals surface area contributed by atoms with E-state index in [-0.39, 0.29) is 13.1 Å². The fourth-order valence-corrected chi connectivity index (χ4v) is 4.69. The number of benzene rings is 2. The van der Waals surface area contributed by atoms with E-state index < -0.39 is 30.2 Å². The average Bonchev–Trinajstić information content (AvgIpc) is 3.07. The van der Waals surface area contributed by atoms with Crippen LogP contribution in [-0.4, -0.2) is 74.1 Å². The number of hydrogen-bond acceptors (Lipinski definition) is 8. The molecule has 10 nitrogen and oxygen atoms in total. The van der Waals surface area contributed by atoms with Crippen molar-refractivity contribution in [3.8, 4) is 29.6 Å². The summed E-state index contributed by atoms with van der Waals surface area (Å²) >= 11 is 0. The van der Waals surface area contributed by atoms with Gasteiger partial charge in [0.05, 0.1) is 25.3 Å². The molecule has 1 aromatic heterocycles. The smallest absolute Gasteiger partial charge is 0.309 e. The predicted octanol–water partition coefficient (Wildman–Crippen LogP) is 2.86. The number of halogens is 1. The molecular formula is C33H37FN4O6. The summed E-state index contributed by atoms with van der Waals surface area (Å²) in [5.41, 5.74) is 1.18. The van der Waals surface area contributed by atoms with Crippen LogP contribution in [-0.2, 0) is 9.59 Å². The highest BCUT2D eigenvalue weighted by molar-refractivity contribution is 6.35. The third kappa shape index (κ3) is 8.92. The summed E-state index contributed by atoms with van der Waals surface area (Å²) in [4.78, 5) is 28.7. The number of ether oxygens (including phenoxy) is 3. The van der Waals surface area contributed by atoms with Crippen LogP contribution in [0, 0.1) is 18.3 Å². The van der Waals surface area contributed by atoms with Gasteiger partial charge >= 0.3 is 11.8 Å². The van der Waals surface area contributed by atoms with Gasteiger partial charge < -0.3 is 35.3 Å². The van der Waals surface area contributed by atoms with E-state index in [4.69, 9.17) is 20.6 Å². The number of pyridine rings is 1. The Balaban J connectivity index is 1.36. The van der Waals surface area contributed by atoms with Gasteiger partial charge in [0.2, 0.25) is 6.17 Å². The molecule has 1 aliphatic heterocycles. The minimum atomic E-state index is -1.80. The van der Waals surface area contributed by atoms with Crippen LogP contribution in [0.15, 0.2) is 66.9 Å². The zero-order chi connectivity index (χ0) is 31.3. The summed E-state index contributed by atoms with van der Waals surface area (Å²) < 4.78 is 32.4. The Bertz CT molecular complexity index is 1470. The van der Waals surface area contributed by atoms with Crippen LogP contribution >= 0.6 is 0 Å². The van der Waals surface area contributed by atoms with Crippen molar-refractivity contribution in [3.63, 3.8) is 0 Å². The summed E-state index contributed by atoms with van der Waals surface area (Å²) in [6.07, 6.45) is 7.83. The second-order valence-electron chi connectivity index (χ2n) is 10.3. The molecule has 4 rings (SSSR count). The van der Waals surface area contributed by atoms with Crippen molar-refractivity contribution < 1.29 is 33.3 Å². The molecule has 2 aromatic carbocycles. The van der Waals surface area contributed by atoms with Gasteiger partial charge in [-0.2, -0.15) is 0 Å². The Kier molecular flexibility index (Phi) is 11.9. The molecule has 2 heterocycles. The van der Waals surface area contributed by atoms with Crippen LogP contribution in [0.25, 0.3) is 10.9 Å². The molecule has 2 amide bonds. The number of hydrogen-bond donors (Lipinski definition) is 4. The first-order valence-corrected chi connectivity index (χ1v) is 14.4. The van der Waals surface area contributed by atoms with E-state index in [1.165, 1.54) is 25.5 Å². The Labute approximate surface area is 256 Å². The van der Waals surface area contributed by atoms with Crippen molar-refractivity contribution in [1.82, 2.24) is 20.9 Å². The summed E-state index contributed by atoms with van der Waals surface area (Å²) in [6.45, 7) is 2.27. The van der Waals surface area contributed by atoms with Gasteiger partial charge in [0, 0.05) is 30.7 Å². The lowest BCUT2D eigenvalue weighted by atomic mass is 9.99. The van der Waals surface area contributed by atoms with E-state index in [9.17, 15) is 19.1 Å². The lowest BCUT2D eigenvalue weighted by Gasteiger charge is -2.23. The molecule has 1 aliphatic rings. The van der Waals surface area contributed by atoms with E-state index in [0.29, 0.717) is 46.2 Å². The first kappa shape index (κ1) is 32.3. The SMILES string of the molecule is C#CC(F)C(/C=C\CNC(=O)C(=O)NCC(O)c1ccccc1)Oc1ccnc2cc(OCC3CCNCC3)c(OC)cc12. The van der Waals surface area contributed by atoms with E-state index in [1.54, 1.807) is 48.5 Å². The number of fused-ring (bicyclic) bond motifs is 1. The second kappa shape index (κ2) is 16.3. The Morgan fingerprint density at radius 3 is 2.61 bits per heavy atom. The fourth-order valence-electron chi connectivity index (χ4n) is 4.69. The lowest BCUT2D eigenvalue weighted by Crippen LogP contribution is -2.41. The average molecular weight is 605 g/mol. The number of methoxy groups -OCH3 is 1. The standard InChI is InChI=1S/C33H37FN4O6/c1-3-25(34)29(10-7-14-37-32(40)33(41)38-20-27(39)23-8-5-4-6-9-23)44-28-13-17-36-26-19-31(30(42-2)18-24(26)28)43-21-22-11-15-35-16-12-22/h1,4-10,13,17-19,22,25,27,29,35,39H,11-12,14-16,20-21H2,2H3,(H,37,40)(H,38,41)/b10-7-. The summed E-state index contributed by atoms with van der Waals surface area (Å²) in [5.74, 6) is 2.03. The van der Waals surface area contributed by atoms with E-state index in [1.807, 2.05) is 5.92 Å². The van der Waals surface area contributed by atoms with Crippen LogP contribution < -0.4 is 30.2 Å². The minimum absolute atomic E-state index is 0.0900. The summed E-state index contributed by atoms with van der Waals surface area (Å²) in [6, 6.07) is 13.8. The van der Waals surface area contributed by atoms with Crippen molar-refractivity contribution in [2.24, 2.45) is 5.92 Å². The van der Waals surface area contributed by atoms with Crippen molar-refractivity contribution >= 4 is 22.7 Å². The highest BCUT2D eigenvalue weighted by atomic mass is 19.1. The zero-order valence-corrected chi connectivity index (χ0v) is 24.5. The van der Waals surface area contributed by atoms with Gasteiger partial charge in [0.25, 0.3) is 0 Å². The molecule has 0 spiro atoms. The zero-order valence-electron chi connectivity index (χ0n) is 24.5. The number of carbonyl (C=O) groups excluding carboxylic acids is 2. The second-order valence-corrected chi connectivity index (χ2v) is 10.3. The first-order valence-electron chi connectivity index (χ1n) is 14.4. The number of alkyl halides is 1. The van der Waals surface area contributed by atoms with Crippen LogP contribution in [0.2, 0.25) is 0 Å². The van der Waals surface area contributed by atoms with Gasteiger partial charge in [-0.3, -0.25) is 14.6 Å². The third-order valence-electron chi connectivity index (χ3n) is 7.18. The van der Waals surface area contributed by atoms with Gasteiger partial charge in [0.15, 0.2) is 17.6 Å². The number of terminal acetylenes is 1. The summed E-state index contributed by atoms with van der Waals surface area (Å²) in [5, 5.41) is 18.9. The molecule has 0 aliphatic carbocycles. The van der Waals surface area contributed by atoms with Gasteiger partial charge in [-0.1, -0.05) is 42.3 Å². The molecule has 0 saturated carbocycles. The molecule has 232 valence electrons. The Morgan fingerprint density at radius 2 is 1.89 bits per heavy atom. The molecule has 0 radical (unpaired) electrons. The lowest BCUT2D eigenvalue weighted by molar-refractivity contribution is -0.139. The molecule has 11 heteroatoms. The largest absolute Gasteiger partial charge is 0.493 e. The molecule has 3 unspecified atom stereocenters.